The predicted molar refractivity (Wildman–Crippen MR) is 122 cm³/mol. The zero-order valence-corrected chi connectivity index (χ0v) is 18.9. The second-order valence-electron chi connectivity index (χ2n) is 8.39. The summed E-state index contributed by atoms with van der Waals surface area (Å²) in [6, 6.07) is 10.6. The summed E-state index contributed by atoms with van der Waals surface area (Å²) < 4.78 is 16.3. The third-order valence-corrected chi connectivity index (χ3v) is 7.14. The van der Waals surface area contributed by atoms with E-state index in [-0.39, 0.29) is 17.8 Å². The van der Waals surface area contributed by atoms with Gasteiger partial charge in [-0.2, -0.15) is 5.10 Å². The number of carbonyl (C=O) groups excluding carboxylic acids is 1. The molecule has 1 aliphatic heterocycles. The monoisotopic (exact) mass is 440 g/mol. The Morgan fingerprint density at radius 1 is 1.26 bits per heavy atom. The van der Waals surface area contributed by atoms with Gasteiger partial charge < -0.3 is 4.90 Å². The third kappa shape index (κ3) is 5.22. The molecule has 2 aromatic heterocycles. The number of amides is 1. The molecule has 1 aromatic carbocycles. The number of likely N-dealkylation sites (N-methyl/N-ethyl adjacent to an activating group) is 1. The SMILES string of the molecule is CN(C(=O)c1cccs1)[C@H](Cc1ccccc1F)C1CCN(Cc2cnn(C)c2)CC1. The van der Waals surface area contributed by atoms with Crippen molar-refractivity contribution < 1.29 is 9.18 Å². The highest BCUT2D eigenvalue weighted by molar-refractivity contribution is 7.12. The molecule has 4 rings (SSSR count). The molecular weight excluding hydrogens is 411 g/mol. The van der Waals surface area contributed by atoms with E-state index in [2.05, 4.69) is 16.2 Å². The first-order chi connectivity index (χ1) is 15.0. The van der Waals surface area contributed by atoms with Crippen molar-refractivity contribution in [2.75, 3.05) is 20.1 Å². The first-order valence-electron chi connectivity index (χ1n) is 10.7. The van der Waals surface area contributed by atoms with Crippen LogP contribution in [-0.2, 0) is 20.0 Å². The summed E-state index contributed by atoms with van der Waals surface area (Å²) in [4.78, 5) is 18.1. The number of thiophene rings is 1. The van der Waals surface area contributed by atoms with Gasteiger partial charge in [-0.15, -0.1) is 11.3 Å². The number of piperidine rings is 1. The Morgan fingerprint density at radius 2 is 2.03 bits per heavy atom. The first kappa shape index (κ1) is 21.7. The minimum absolute atomic E-state index is 0.0223. The lowest BCUT2D eigenvalue weighted by atomic mass is 9.84. The van der Waals surface area contributed by atoms with Crippen LogP contribution < -0.4 is 0 Å². The van der Waals surface area contributed by atoms with Gasteiger partial charge in [0.15, 0.2) is 0 Å². The maximum absolute atomic E-state index is 14.4. The van der Waals surface area contributed by atoms with Crippen molar-refractivity contribution in [3.63, 3.8) is 0 Å². The van der Waals surface area contributed by atoms with Gasteiger partial charge in [0, 0.05) is 38.4 Å². The molecule has 0 unspecified atom stereocenters. The molecule has 164 valence electrons. The Bertz CT molecular complexity index is 995. The Hall–Kier alpha value is -2.51. The van der Waals surface area contributed by atoms with Crippen LogP contribution in [0.1, 0.15) is 33.6 Å². The highest BCUT2D eigenvalue weighted by Crippen LogP contribution is 2.29. The highest BCUT2D eigenvalue weighted by Gasteiger charge is 2.32. The normalized spacial score (nSPS) is 16.4. The molecule has 1 fully saturated rings. The molecule has 0 radical (unpaired) electrons. The van der Waals surface area contributed by atoms with Gasteiger partial charge in [0.25, 0.3) is 5.91 Å². The third-order valence-electron chi connectivity index (χ3n) is 6.28. The lowest BCUT2D eigenvalue weighted by Gasteiger charge is -2.40. The van der Waals surface area contributed by atoms with Crippen LogP contribution in [0.15, 0.2) is 54.2 Å². The van der Waals surface area contributed by atoms with E-state index in [1.807, 2.05) is 59.5 Å². The van der Waals surface area contributed by atoms with E-state index in [0.29, 0.717) is 17.9 Å². The average Bonchev–Trinajstić information content (AvgIpc) is 3.45. The quantitative estimate of drug-likeness (QED) is 0.553. The molecule has 3 aromatic rings. The van der Waals surface area contributed by atoms with E-state index >= 15 is 0 Å². The number of rotatable bonds is 7. The number of hydrogen-bond acceptors (Lipinski definition) is 4. The van der Waals surface area contributed by atoms with E-state index in [0.717, 1.165) is 37.4 Å². The van der Waals surface area contributed by atoms with Crippen molar-refractivity contribution in [2.24, 2.45) is 13.0 Å². The Kier molecular flexibility index (Phi) is 6.83. The second kappa shape index (κ2) is 9.75. The first-order valence-corrected chi connectivity index (χ1v) is 11.6. The van der Waals surface area contributed by atoms with E-state index in [9.17, 15) is 9.18 Å². The van der Waals surface area contributed by atoms with E-state index in [1.165, 1.54) is 23.0 Å². The highest BCUT2D eigenvalue weighted by atomic mass is 32.1. The topological polar surface area (TPSA) is 41.4 Å². The number of hydrogen-bond donors (Lipinski definition) is 0. The minimum Gasteiger partial charge on any atom is -0.337 e. The molecule has 5 nitrogen and oxygen atoms in total. The Labute approximate surface area is 187 Å². The smallest absolute Gasteiger partial charge is 0.263 e. The number of halogens is 1. The molecule has 0 spiro atoms. The molecule has 0 bridgehead atoms. The number of aromatic nitrogens is 2. The summed E-state index contributed by atoms with van der Waals surface area (Å²) in [5.74, 6) is 0.159. The van der Waals surface area contributed by atoms with Crippen molar-refractivity contribution in [2.45, 2.75) is 31.8 Å². The van der Waals surface area contributed by atoms with Crippen LogP contribution in [0.2, 0.25) is 0 Å². The van der Waals surface area contributed by atoms with Crippen LogP contribution in [0.3, 0.4) is 0 Å². The molecule has 3 heterocycles. The van der Waals surface area contributed by atoms with Crippen LogP contribution in [0.4, 0.5) is 4.39 Å². The number of aryl methyl sites for hydroxylation is 1. The van der Waals surface area contributed by atoms with E-state index in [4.69, 9.17) is 0 Å². The van der Waals surface area contributed by atoms with Crippen molar-refractivity contribution in [3.8, 4) is 0 Å². The fourth-order valence-electron chi connectivity index (χ4n) is 4.54. The largest absolute Gasteiger partial charge is 0.337 e. The van der Waals surface area contributed by atoms with Crippen LogP contribution >= 0.6 is 11.3 Å². The van der Waals surface area contributed by atoms with E-state index in [1.54, 1.807) is 6.07 Å². The summed E-state index contributed by atoms with van der Waals surface area (Å²) in [6.45, 7) is 2.82. The maximum Gasteiger partial charge on any atom is 0.263 e. The minimum atomic E-state index is -0.196. The number of likely N-dealkylation sites (tertiary alicyclic amines) is 1. The standard InChI is InChI=1S/C24H29FN4OS/c1-27-16-18(15-26-27)17-29-11-9-19(10-12-29)22(14-20-6-3-4-7-21(20)25)28(2)24(30)23-8-5-13-31-23/h3-8,13,15-16,19,22H,9-12,14,17H2,1-2H3/t22-/m1/s1. The Morgan fingerprint density at radius 3 is 2.68 bits per heavy atom. The fraction of sp³-hybridized carbons (Fsp3) is 0.417. The predicted octanol–water partition coefficient (Wildman–Crippen LogP) is 4.22. The van der Waals surface area contributed by atoms with Crippen LogP contribution in [0.5, 0.6) is 0 Å². The van der Waals surface area contributed by atoms with Crippen molar-refractivity contribution in [1.82, 2.24) is 19.6 Å². The summed E-state index contributed by atoms with van der Waals surface area (Å²) >= 11 is 1.46. The van der Waals surface area contributed by atoms with Gasteiger partial charge in [-0.3, -0.25) is 14.4 Å². The zero-order chi connectivity index (χ0) is 21.8. The van der Waals surface area contributed by atoms with Crippen LogP contribution in [0, 0.1) is 11.7 Å². The summed E-state index contributed by atoms with van der Waals surface area (Å²) in [6.07, 6.45) is 6.48. The summed E-state index contributed by atoms with van der Waals surface area (Å²) in [7, 11) is 3.80. The lowest BCUT2D eigenvalue weighted by molar-refractivity contribution is 0.0588. The van der Waals surface area contributed by atoms with E-state index < -0.39 is 0 Å². The van der Waals surface area contributed by atoms with Crippen molar-refractivity contribution in [1.29, 1.82) is 0 Å². The molecule has 7 heteroatoms. The van der Waals surface area contributed by atoms with Crippen molar-refractivity contribution in [3.05, 3.63) is 76.0 Å². The van der Waals surface area contributed by atoms with Gasteiger partial charge in [0.2, 0.25) is 0 Å². The molecule has 0 aliphatic carbocycles. The fourth-order valence-corrected chi connectivity index (χ4v) is 5.25. The second-order valence-corrected chi connectivity index (χ2v) is 9.34. The molecule has 0 saturated carbocycles. The van der Waals surface area contributed by atoms with Crippen LogP contribution in [0.25, 0.3) is 0 Å². The van der Waals surface area contributed by atoms with Gasteiger partial charge in [-0.1, -0.05) is 24.3 Å². The molecule has 1 amide bonds. The summed E-state index contributed by atoms with van der Waals surface area (Å²) in [5, 5.41) is 6.18. The van der Waals surface area contributed by atoms with Gasteiger partial charge in [0.05, 0.1) is 11.1 Å². The molecule has 1 aliphatic rings. The van der Waals surface area contributed by atoms with Crippen molar-refractivity contribution >= 4 is 17.2 Å². The van der Waals surface area contributed by atoms with Gasteiger partial charge >= 0.3 is 0 Å². The number of carbonyl (C=O) groups is 1. The molecule has 0 N–H and O–H groups in total. The van der Waals surface area contributed by atoms with Crippen LogP contribution in [-0.4, -0.2) is 51.7 Å². The number of nitrogens with zero attached hydrogens (tertiary/aromatic N) is 4. The zero-order valence-electron chi connectivity index (χ0n) is 18.1. The molecule has 31 heavy (non-hydrogen) atoms. The van der Waals surface area contributed by atoms with Gasteiger partial charge in [-0.05, 0) is 61.3 Å². The molecule has 1 saturated heterocycles. The lowest BCUT2D eigenvalue weighted by Crippen LogP contribution is -2.47. The molecule has 1 atom stereocenters. The number of benzene rings is 1. The average molecular weight is 441 g/mol. The van der Waals surface area contributed by atoms with Gasteiger partial charge in [0.1, 0.15) is 5.82 Å². The maximum atomic E-state index is 14.4. The van der Waals surface area contributed by atoms with Gasteiger partial charge in [-0.25, -0.2) is 4.39 Å². The summed E-state index contributed by atoms with van der Waals surface area (Å²) in [5.41, 5.74) is 1.89. The molecular formula is C24H29FN4OS. The Balaban J connectivity index is 1.47.